The van der Waals surface area contributed by atoms with Gasteiger partial charge in [-0.3, -0.25) is 4.79 Å². The number of hydrogen-bond donors (Lipinski definition) is 0. The molecule has 2 aromatic heterocycles. The van der Waals surface area contributed by atoms with Gasteiger partial charge in [0.1, 0.15) is 0 Å². The molecule has 0 bridgehead atoms. The molecule has 0 amide bonds. The van der Waals surface area contributed by atoms with Gasteiger partial charge in [-0.25, -0.2) is 9.78 Å². The van der Waals surface area contributed by atoms with E-state index in [0.717, 1.165) is 0 Å². The van der Waals surface area contributed by atoms with E-state index >= 15 is 0 Å². The van der Waals surface area contributed by atoms with E-state index in [2.05, 4.69) is 4.98 Å². The van der Waals surface area contributed by atoms with Crippen molar-refractivity contribution in [3.63, 3.8) is 0 Å². The number of ketones is 1. The van der Waals surface area contributed by atoms with Crippen molar-refractivity contribution in [1.29, 1.82) is 0 Å². The number of nitrogens with zero attached hydrogens (tertiary/aromatic N) is 1. The average molecular weight is 249 g/mol. The minimum atomic E-state index is -0.515. The molecule has 1 aliphatic carbocycles. The maximum Gasteiger partial charge on any atom is 0.363 e. The largest absolute Gasteiger partial charge is 0.420 e. The van der Waals surface area contributed by atoms with E-state index in [1.165, 1.54) is 6.20 Å². The van der Waals surface area contributed by atoms with Crippen LogP contribution in [0.4, 0.5) is 0 Å². The van der Waals surface area contributed by atoms with Gasteiger partial charge in [-0.1, -0.05) is 30.3 Å². The van der Waals surface area contributed by atoms with Gasteiger partial charge in [0.25, 0.3) is 0 Å². The first-order valence-corrected chi connectivity index (χ1v) is 5.83. The summed E-state index contributed by atoms with van der Waals surface area (Å²) in [5.74, 6) is 0.235. The lowest BCUT2D eigenvalue weighted by molar-refractivity contribution is 0.104. The molecule has 0 saturated carbocycles. The van der Waals surface area contributed by atoms with Crippen molar-refractivity contribution in [1.82, 2.24) is 4.98 Å². The smallest absolute Gasteiger partial charge is 0.363 e. The minimum absolute atomic E-state index is 0.118. The molecule has 90 valence electrons. The topological polar surface area (TPSA) is 60.2 Å². The van der Waals surface area contributed by atoms with Crippen LogP contribution in [0.5, 0.6) is 0 Å². The maximum absolute atomic E-state index is 12.4. The molecule has 0 N–H and O–H groups in total. The fourth-order valence-corrected chi connectivity index (χ4v) is 2.51. The summed E-state index contributed by atoms with van der Waals surface area (Å²) in [6.45, 7) is 0. The van der Waals surface area contributed by atoms with Crippen molar-refractivity contribution < 1.29 is 9.21 Å². The van der Waals surface area contributed by atoms with Crippen LogP contribution in [0.3, 0.4) is 0 Å². The Morgan fingerprint density at radius 3 is 2.58 bits per heavy atom. The van der Waals surface area contributed by atoms with Crippen LogP contribution in [-0.2, 0) is 0 Å². The predicted octanol–water partition coefficient (Wildman–Crippen LogP) is 2.40. The molecule has 0 radical (unpaired) electrons. The van der Waals surface area contributed by atoms with E-state index in [1.807, 2.05) is 6.07 Å². The van der Waals surface area contributed by atoms with E-state index < -0.39 is 5.63 Å². The number of hydrogen-bond acceptors (Lipinski definition) is 4. The van der Waals surface area contributed by atoms with Crippen LogP contribution < -0.4 is 5.63 Å². The number of aromatic nitrogens is 1. The molecule has 0 saturated heterocycles. The van der Waals surface area contributed by atoms with E-state index in [4.69, 9.17) is 4.42 Å². The minimum Gasteiger partial charge on any atom is -0.420 e. The van der Waals surface area contributed by atoms with Gasteiger partial charge in [0.2, 0.25) is 0 Å². The molecule has 1 aromatic carbocycles. The highest BCUT2D eigenvalue weighted by molar-refractivity contribution is 6.25. The molecule has 0 aliphatic heterocycles. The lowest BCUT2D eigenvalue weighted by Gasteiger charge is -2.01. The van der Waals surface area contributed by atoms with Crippen LogP contribution in [0.25, 0.3) is 22.2 Å². The molecular weight excluding hydrogens is 242 g/mol. The molecule has 0 fully saturated rings. The quantitative estimate of drug-likeness (QED) is 0.480. The van der Waals surface area contributed by atoms with Gasteiger partial charge < -0.3 is 4.42 Å². The van der Waals surface area contributed by atoms with Crippen LogP contribution in [-0.4, -0.2) is 10.8 Å². The number of pyridine rings is 1. The number of rotatable bonds is 0. The summed E-state index contributed by atoms with van der Waals surface area (Å²) >= 11 is 0. The van der Waals surface area contributed by atoms with Crippen LogP contribution in [0.1, 0.15) is 15.9 Å². The third-order valence-corrected chi connectivity index (χ3v) is 3.34. The lowest BCUT2D eigenvalue weighted by Crippen LogP contribution is -2.06. The summed E-state index contributed by atoms with van der Waals surface area (Å²) < 4.78 is 5.29. The van der Waals surface area contributed by atoms with Crippen LogP contribution in [0.15, 0.2) is 51.8 Å². The summed E-state index contributed by atoms with van der Waals surface area (Å²) in [5.41, 5.74) is 1.35. The van der Waals surface area contributed by atoms with Crippen molar-refractivity contribution in [3.05, 3.63) is 64.1 Å². The van der Waals surface area contributed by atoms with E-state index in [9.17, 15) is 9.59 Å². The Balaban J connectivity index is 2.25. The highest BCUT2D eigenvalue weighted by atomic mass is 16.4. The molecule has 4 rings (SSSR count). The average Bonchev–Trinajstić information content (AvgIpc) is 2.73. The summed E-state index contributed by atoms with van der Waals surface area (Å²) in [6.07, 6.45) is 1.51. The van der Waals surface area contributed by atoms with Gasteiger partial charge in [0, 0.05) is 22.7 Å². The Morgan fingerprint density at radius 2 is 1.74 bits per heavy atom. The zero-order valence-corrected chi connectivity index (χ0v) is 9.71. The lowest BCUT2D eigenvalue weighted by atomic mass is 10.1. The number of carbonyl (C=O) groups is 1. The first-order chi connectivity index (χ1) is 9.27. The van der Waals surface area contributed by atoms with Crippen LogP contribution in [0, 0.1) is 0 Å². The summed E-state index contributed by atoms with van der Waals surface area (Å²) in [5, 5.41) is 0.551. The molecule has 0 atom stereocenters. The molecule has 0 unspecified atom stereocenters. The zero-order valence-electron chi connectivity index (χ0n) is 9.71. The van der Waals surface area contributed by atoms with Crippen molar-refractivity contribution in [2.24, 2.45) is 0 Å². The fourth-order valence-electron chi connectivity index (χ4n) is 2.51. The molecule has 4 nitrogen and oxygen atoms in total. The monoisotopic (exact) mass is 249 g/mol. The van der Waals surface area contributed by atoms with Gasteiger partial charge in [-0.05, 0) is 6.07 Å². The second-order valence-electron chi connectivity index (χ2n) is 4.37. The molecule has 19 heavy (non-hydrogen) atoms. The highest BCUT2D eigenvalue weighted by Crippen LogP contribution is 2.38. The number of fused-ring (bicyclic) bond motifs is 5. The van der Waals surface area contributed by atoms with E-state index in [-0.39, 0.29) is 11.3 Å². The molecule has 1 aliphatic rings. The second kappa shape index (κ2) is 3.38. The fraction of sp³-hybridized carbons (Fsp3) is 0. The van der Waals surface area contributed by atoms with Crippen molar-refractivity contribution in [2.45, 2.75) is 0 Å². The SMILES string of the molecule is O=C1c2ccccc2-c2oc(=O)c3ncccc3c21. The summed E-state index contributed by atoms with van der Waals surface area (Å²) in [6, 6.07) is 10.6. The highest BCUT2D eigenvalue weighted by Gasteiger charge is 2.31. The van der Waals surface area contributed by atoms with Crippen molar-refractivity contribution >= 4 is 16.7 Å². The van der Waals surface area contributed by atoms with Gasteiger partial charge in [-0.2, -0.15) is 0 Å². The Hall–Kier alpha value is -2.75. The Kier molecular flexibility index (Phi) is 1.82. The maximum atomic E-state index is 12.4. The molecule has 4 heteroatoms. The summed E-state index contributed by atoms with van der Waals surface area (Å²) in [7, 11) is 0. The van der Waals surface area contributed by atoms with Gasteiger partial charge in [-0.15, -0.1) is 0 Å². The van der Waals surface area contributed by atoms with Crippen molar-refractivity contribution in [2.75, 3.05) is 0 Å². The van der Waals surface area contributed by atoms with Gasteiger partial charge in [0.15, 0.2) is 17.1 Å². The molecular formula is C15H7NO3. The first-order valence-electron chi connectivity index (χ1n) is 5.83. The zero-order chi connectivity index (χ0) is 13.0. The predicted molar refractivity (Wildman–Crippen MR) is 69.1 cm³/mol. The standard InChI is InChI=1S/C15H7NO3/c17-13-8-4-1-2-5-9(8)14-11(13)10-6-3-7-16-12(10)15(18)19-14/h1-7H. The van der Waals surface area contributed by atoms with Crippen molar-refractivity contribution in [3.8, 4) is 11.3 Å². The number of carbonyl (C=O) groups excluding carboxylic acids is 1. The molecule has 0 spiro atoms. The Morgan fingerprint density at radius 1 is 0.947 bits per heavy atom. The van der Waals surface area contributed by atoms with E-state index in [1.54, 1.807) is 30.3 Å². The van der Waals surface area contributed by atoms with E-state index in [0.29, 0.717) is 27.8 Å². The Labute approximate surface area is 107 Å². The summed E-state index contributed by atoms with van der Waals surface area (Å²) in [4.78, 5) is 28.3. The Bertz CT molecular complexity index is 909. The third-order valence-electron chi connectivity index (χ3n) is 3.34. The normalized spacial score (nSPS) is 12.5. The van der Waals surface area contributed by atoms with Gasteiger partial charge in [0.05, 0.1) is 5.56 Å². The van der Waals surface area contributed by atoms with Gasteiger partial charge >= 0.3 is 5.63 Å². The number of benzene rings is 1. The third kappa shape index (κ3) is 1.20. The molecule has 3 aromatic rings. The van der Waals surface area contributed by atoms with Crippen LogP contribution >= 0.6 is 0 Å². The molecule has 2 heterocycles. The first kappa shape index (κ1) is 10.2. The van der Waals surface area contributed by atoms with Crippen LogP contribution in [0.2, 0.25) is 0 Å². The second-order valence-corrected chi connectivity index (χ2v) is 4.37.